The fourth-order valence-corrected chi connectivity index (χ4v) is 2.95. The van der Waals surface area contributed by atoms with E-state index in [4.69, 9.17) is 9.52 Å². The van der Waals surface area contributed by atoms with E-state index in [0.717, 1.165) is 0 Å². The summed E-state index contributed by atoms with van der Waals surface area (Å²) in [6.45, 7) is 0.130. The molecule has 7 heteroatoms. The Balaban J connectivity index is 1.69. The zero-order chi connectivity index (χ0) is 17.6. The molecule has 1 aliphatic heterocycles. The number of carbonyl (C=O) groups excluding carboxylic acids is 1. The van der Waals surface area contributed by atoms with Crippen molar-refractivity contribution >= 4 is 28.7 Å². The molecule has 1 aromatic heterocycles. The predicted octanol–water partition coefficient (Wildman–Crippen LogP) is 3.07. The Morgan fingerprint density at radius 1 is 1.28 bits per heavy atom. The summed E-state index contributed by atoms with van der Waals surface area (Å²) >= 11 is 0. The predicted molar refractivity (Wildman–Crippen MR) is 87.5 cm³/mol. The van der Waals surface area contributed by atoms with Crippen molar-refractivity contribution in [1.82, 2.24) is 4.98 Å². The van der Waals surface area contributed by atoms with Gasteiger partial charge in [-0.25, -0.2) is 9.37 Å². The second-order valence-corrected chi connectivity index (χ2v) is 5.93. The van der Waals surface area contributed by atoms with Crippen LogP contribution in [0.2, 0.25) is 0 Å². The molecule has 4 rings (SSSR count). The smallest absolute Gasteiger partial charge is 0.308 e. The number of anilines is 1. The number of carbonyl (C=O) groups is 2. The fourth-order valence-electron chi connectivity index (χ4n) is 2.95. The largest absolute Gasteiger partial charge is 0.481 e. The van der Waals surface area contributed by atoms with Crippen LogP contribution in [0.5, 0.6) is 0 Å². The molecule has 1 amide bonds. The number of amides is 1. The second kappa shape index (κ2) is 5.70. The molecular weight excluding hydrogens is 327 g/mol. The summed E-state index contributed by atoms with van der Waals surface area (Å²) in [6, 6.07) is 11.0. The lowest BCUT2D eigenvalue weighted by molar-refractivity contribution is -0.141. The topological polar surface area (TPSA) is 83.6 Å². The van der Waals surface area contributed by atoms with Gasteiger partial charge in [0, 0.05) is 30.3 Å². The number of nitrogens with zero attached hydrogens (tertiary/aromatic N) is 2. The number of carboxylic acids is 1. The van der Waals surface area contributed by atoms with E-state index in [-0.39, 0.29) is 30.6 Å². The number of hydrogen-bond acceptors (Lipinski definition) is 4. The molecule has 0 saturated carbocycles. The monoisotopic (exact) mass is 340 g/mol. The van der Waals surface area contributed by atoms with Crippen molar-refractivity contribution in [2.24, 2.45) is 5.92 Å². The van der Waals surface area contributed by atoms with E-state index in [9.17, 15) is 14.0 Å². The van der Waals surface area contributed by atoms with Crippen LogP contribution >= 0.6 is 0 Å². The Bertz CT molecular complexity index is 998. The molecule has 0 spiro atoms. The minimum Gasteiger partial charge on any atom is -0.481 e. The van der Waals surface area contributed by atoms with E-state index in [0.29, 0.717) is 22.4 Å². The lowest BCUT2D eigenvalue weighted by atomic mass is 10.1. The third kappa shape index (κ3) is 2.73. The van der Waals surface area contributed by atoms with E-state index >= 15 is 0 Å². The van der Waals surface area contributed by atoms with Gasteiger partial charge in [-0.15, -0.1) is 0 Å². The van der Waals surface area contributed by atoms with Crippen molar-refractivity contribution in [2.75, 3.05) is 11.4 Å². The highest BCUT2D eigenvalue weighted by Crippen LogP contribution is 2.30. The number of aromatic nitrogens is 1. The third-order valence-electron chi connectivity index (χ3n) is 4.23. The molecule has 2 heterocycles. The lowest BCUT2D eigenvalue weighted by Crippen LogP contribution is -2.25. The van der Waals surface area contributed by atoms with Crippen molar-refractivity contribution in [3.63, 3.8) is 0 Å². The first kappa shape index (κ1) is 15.3. The number of oxazole rings is 1. The van der Waals surface area contributed by atoms with Crippen LogP contribution in [-0.2, 0) is 9.59 Å². The molecule has 0 unspecified atom stereocenters. The first-order chi connectivity index (χ1) is 12.0. The maximum Gasteiger partial charge on any atom is 0.308 e. The van der Waals surface area contributed by atoms with Gasteiger partial charge in [0.15, 0.2) is 5.58 Å². The van der Waals surface area contributed by atoms with Gasteiger partial charge in [-0.1, -0.05) is 6.07 Å². The van der Waals surface area contributed by atoms with Crippen molar-refractivity contribution < 1.29 is 23.5 Å². The van der Waals surface area contributed by atoms with Crippen LogP contribution in [0.25, 0.3) is 22.6 Å². The second-order valence-electron chi connectivity index (χ2n) is 5.93. The molecule has 1 aliphatic rings. The SMILES string of the molecule is O=C(O)[C@@H]1CC(=O)N(c2ccc3nc(-c4cccc(F)c4)oc3c2)C1. The number of fused-ring (bicyclic) bond motifs is 1. The van der Waals surface area contributed by atoms with Gasteiger partial charge < -0.3 is 14.4 Å². The zero-order valence-corrected chi connectivity index (χ0v) is 13.0. The van der Waals surface area contributed by atoms with Gasteiger partial charge >= 0.3 is 5.97 Å². The highest BCUT2D eigenvalue weighted by atomic mass is 19.1. The molecule has 0 bridgehead atoms. The van der Waals surface area contributed by atoms with Crippen LogP contribution in [0.3, 0.4) is 0 Å². The number of benzene rings is 2. The van der Waals surface area contributed by atoms with Crippen LogP contribution in [0.15, 0.2) is 46.9 Å². The number of rotatable bonds is 3. The minimum atomic E-state index is -0.981. The molecule has 1 fully saturated rings. The molecule has 0 radical (unpaired) electrons. The summed E-state index contributed by atoms with van der Waals surface area (Å²) in [5, 5.41) is 9.08. The molecule has 25 heavy (non-hydrogen) atoms. The third-order valence-corrected chi connectivity index (χ3v) is 4.23. The van der Waals surface area contributed by atoms with Crippen LogP contribution in [-0.4, -0.2) is 28.5 Å². The number of hydrogen-bond donors (Lipinski definition) is 1. The summed E-state index contributed by atoms with van der Waals surface area (Å²) in [4.78, 5) is 28.9. The number of carboxylic acid groups (broad SMARTS) is 1. The van der Waals surface area contributed by atoms with E-state index in [1.807, 2.05) is 0 Å². The van der Waals surface area contributed by atoms with Gasteiger partial charge in [0.05, 0.1) is 5.92 Å². The molecule has 1 saturated heterocycles. The molecule has 6 nitrogen and oxygen atoms in total. The lowest BCUT2D eigenvalue weighted by Gasteiger charge is -2.15. The first-order valence-corrected chi connectivity index (χ1v) is 7.71. The fraction of sp³-hybridized carbons (Fsp3) is 0.167. The van der Waals surface area contributed by atoms with Crippen LogP contribution < -0.4 is 4.90 Å². The van der Waals surface area contributed by atoms with Gasteiger partial charge in [0.2, 0.25) is 11.8 Å². The normalized spacial score (nSPS) is 17.4. The molecule has 126 valence electrons. The van der Waals surface area contributed by atoms with Crippen molar-refractivity contribution in [1.29, 1.82) is 0 Å². The van der Waals surface area contributed by atoms with E-state index in [2.05, 4.69) is 4.98 Å². The quantitative estimate of drug-likeness (QED) is 0.792. The van der Waals surface area contributed by atoms with Gasteiger partial charge in [0.25, 0.3) is 0 Å². The Kier molecular flexibility index (Phi) is 3.49. The molecule has 3 aromatic rings. The first-order valence-electron chi connectivity index (χ1n) is 7.71. The summed E-state index contributed by atoms with van der Waals surface area (Å²) in [6.07, 6.45) is -0.0156. The van der Waals surface area contributed by atoms with Crippen molar-refractivity contribution in [3.8, 4) is 11.5 Å². The van der Waals surface area contributed by atoms with Crippen molar-refractivity contribution in [2.45, 2.75) is 6.42 Å². The highest BCUT2D eigenvalue weighted by molar-refractivity contribution is 6.00. The minimum absolute atomic E-state index is 0.0156. The van der Waals surface area contributed by atoms with E-state index < -0.39 is 11.9 Å². The highest BCUT2D eigenvalue weighted by Gasteiger charge is 2.35. The average Bonchev–Trinajstić information content (AvgIpc) is 3.17. The molecule has 1 N–H and O–H groups in total. The molecular formula is C18H13FN2O4. The maximum atomic E-state index is 13.4. The van der Waals surface area contributed by atoms with Crippen LogP contribution in [0.1, 0.15) is 6.42 Å². The summed E-state index contributed by atoms with van der Waals surface area (Å²) < 4.78 is 19.0. The number of halogens is 1. The van der Waals surface area contributed by atoms with E-state index in [1.54, 1.807) is 30.3 Å². The molecule has 1 atom stereocenters. The maximum absolute atomic E-state index is 13.4. The Morgan fingerprint density at radius 3 is 2.84 bits per heavy atom. The van der Waals surface area contributed by atoms with E-state index in [1.165, 1.54) is 17.0 Å². The number of aliphatic carboxylic acids is 1. The Morgan fingerprint density at radius 2 is 2.12 bits per heavy atom. The van der Waals surface area contributed by atoms with Gasteiger partial charge in [-0.05, 0) is 30.3 Å². The van der Waals surface area contributed by atoms with Gasteiger partial charge in [0.1, 0.15) is 11.3 Å². The molecule has 0 aliphatic carbocycles. The van der Waals surface area contributed by atoms with Crippen LogP contribution in [0, 0.1) is 11.7 Å². The molecule has 2 aromatic carbocycles. The summed E-state index contributed by atoms with van der Waals surface area (Å²) in [5.41, 5.74) is 2.09. The van der Waals surface area contributed by atoms with Gasteiger partial charge in [-0.3, -0.25) is 9.59 Å². The standard InChI is InChI=1S/C18H13FN2O4/c19-12-3-1-2-10(6-12)17-20-14-5-4-13(8-15(14)25-17)21-9-11(18(23)24)7-16(21)22/h1-6,8,11H,7,9H2,(H,23,24)/t11-/m1/s1. The Hall–Kier alpha value is -3.22. The summed E-state index contributed by atoms with van der Waals surface area (Å²) in [5.74, 6) is -2.03. The zero-order valence-electron chi connectivity index (χ0n) is 13.0. The van der Waals surface area contributed by atoms with Crippen LogP contribution in [0.4, 0.5) is 10.1 Å². The average molecular weight is 340 g/mol. The van der Waals surface area contributed by atoms with Crippen molar-refractivity contribution in [3.05, 3.63) is 48.3 Å². The summed E-state index contributed by atoms with van der Waals surface area (Å²) in [7, 11) is 0. The Labute approximate surface area is 141 Å². The van der Waals surface area contributed by atoms with Gasteiger partial charge in [-0.2, -0.15) is 0 Å².